The van der Waals surface area contributed by atoms with Crippen molar-refractivity contribution in [1.82, 2.24) is 10.2 Å². The molecule has 2 aliphatic rings. The minimum absolute atomic E-state index is 0.00743. The van der Waals surface area contributed by atoms with Gasteiger partial charge < -0.3 is 10.2 Å². The van der Waals surface area contributed by atoms with Crippen molar-refractivity contribution in [2.24, 2.45) is 5.41 Å². The standard InChI is InChI=1S/C19H26N2O4S/c1-3-21(16-8-11-26(24,25)13-16)18(23)19(9-10-19)17(22)20-12-15-7-5-4-6-14(15)2/h4-7,16H,3,8-13H2,1-2H3,(H,20,22). The highest BCUT2D eigenvalue weighted by atomic mass is 32.2. The number of nitrogens with zero attached hydrogens (tertiary/aromatic N) is 1. The van der Waals surface area contributed by atoms with Crippen molar-refractivity contribution in [3.63, 3.8) is 0 Å². The summed E-state index contributed by atoms with van der Waals surface area (Å²) >= 11 is 0. The van der Waals surface area contributed by atoms with Gasteiger partial charge in [0.2, 0.25) is 11.8 Å². The number of nitrogens with one attached hydrogen (secondary N) is 1. The molecule has 0 radical (unpaired) electrons. The predicted octanol–water partition coefficient (Wildman–Crippen LogP) is 1.43. The second kappa shape index (κ2) is 7.02. The highest BCUT2D eigenvalue weighted by Crippen LogP contribution is 2.48. The van der Waals surface area contributed by atoms with Crippen molar-refractivity contribution in [1.29, 1.82) is 0 Å². The molecule has 1 aliphatic carbocycles. The number of carbonyl (C=O) groups is 2. The zero-order valence-corrected chi connectivity index (χ0v) is 16.1. The van der Waals surface area contributed by atoms with Gasteiger partial charge in [0, 0.05) is 19.1 Å². The molecule has 2 amide bonds. The van der Waals surface area contributed by atoms with Crippen LogP contribution in [-0.2, 0) is 26.0 Å². The first-order valence-electron chi connectivity index (χ1n) is 9.13. The number of carbonyl (C=O) groups excluding carboxylic acids is 2. The van der Waals surface area contributed by atoms with Crippen LogP contribution in [0.3, 0.4) is 0 Å². The molecule has 26 heavy (non-hydrogen) atoms. The predicted molar refractivity (Wildman–Crippen MR) is 99.1 cm³/mol. The lowest BCUT2D eigenvalue weighted by Crippen LogP contribution is -2.49. The van der Waals surface area contributed by atoms with Crippen LogP contribution in [0.4, 0.5) is 0 Å². The van der Waals surface area contributed by atoms with E-state index in [1.54, 1.807) is 4.90 Å². The van der Waals surface area contributed by atoms with E-state index in [-0.39, 0.29) is 29.4 Å². The van der Waals surface area contributed by atoms with Gasteiger partial charge in [-0.2, -0.15) is 0 Å². The van der Waals surface area contributed by atoms with Crippen molar-refractivity contribution in [2.75, 3.05) is 18.1 Å². The van der Waals surface area contributed by atoms with E-state index in [4.69, 9.17) is 0 Å². The number of hydrogen-bond donors (Lipinski definition) is 1. The van der Waals surface area contributed by atoms with Crippen LogP contribution in [0.1, 0.15) is 37.3 Å². The smallest absolute Gasteiger partial charge is 0.238 e. The van der Waals surface area contributed by atoms with Crippen LogP contribution in [0, 0.1) is 12.3 Å². The summed E-state index contributed by atoms with van der Waals surface area (Å²) in [6, 6.07) is 7.50. The van der Waals surface area contributed by atoms with E-state index in [1.807, 2.05) is 38.1 Å². The van der Waals surface area contributed by atoms with E-state index in [1.165, 1.54) is 0 Å². The van der Waals surface area contributed by atoms with Crippen molar-refractivity contribution in [3.8, 4) is 0 Å². The molecule has 3 rings (SSSR count). The number of rotatable bonds is 6. The Morgan fingerprint density at radius 3 is 2.50 bits per heavy atom. The second-order valence-electron chi connectivity index (χ2n) is 7.34. The Morgan fingerprint density at radius 1 is 1.27 bits per heavy atom. The molecule has 0 spiro atoms. The van der Waals surface area contributed by atoms with Crippen LogP contribution >= 0.6 is 0 Å². The molecule has 7 heteroatoms. The monoisotopic (exact) mass is 378 g/mol. The van der Waals surface area contributed by atoms with Crippen molar-refractivity contribution < 1.29 is 18.0 Å². The molecule has 142 valence electrons. The fourth-order valence-corrected chi connectivity index (χ4v) is 5.41. The molecular formula is C19H26N2O4S. The van der Waals surface area contributed by atoms with Gasteiger partial charge in [-0.05, 0) is 44.2 Å². The Hall–Kier alpha value is -1.89. The number of benzene rings is 1. The number of hydrogen-bond acceptors (Lipinski definition) is 4. The number of sulfone groups is 1. The molecule has 1 heterocycles. The van der Waals surface area contributed by atoms with Crippen LogP contribution in [0.25, 0.3) is 0 Å². The first-order chi connectivity index (χ1) is 12.3. The highest BCUT2D eigenvalue weighted by Gasteiger charge is 2.58. The van der Waals surface area contributed by atoms with E-state index in [2.05, 4.69) is 5.32 Å². The van der Waals surface area contributed by atoms with Gasteiger partial charge in [0.25, 0.3) is 0 Å². The minimum Gasteiger partial charge on any atom is -0.351 e. The number of aryl methyl sites for hydroxylation is 1. The summed E-state index contributed by atoms with van der Waals surface area (Å²) in [6.45, 7) is 4.64. The average molecular weight is 378 g/mol. The molecule has 1 saturated carbocycles. The third kappa shape index (κ3) is 3.63. The van der Waals surface area contributed by atoms with Gasteiger partial charge in [0.1, 0.15) is 5.41 Å². The molecule has 1 aromatic carbocycles. The third-order valence-electron chi connectivity index (χ3n) is 5.55. The average Bonchev–Trinajstić information content (AvgIpc) is 3.34. The lowest BCUT2D eigenvalue weighted by atomic mass is 10.0. The SMILES string of the molecule is CCN(C(=O)C1(C(=O)NCc2ccccc2C)CC1)C1CCS(=O)(=O)C1. The van der Waals surface area contributed by atoms with Crippen molar-refractivity contribution >= 4 is 21.7 Å². The summed E-state index contributed by atoms with van der Waals surface area (Å²) in [5.74, 6) is -0.337. The van der Waals surface area contributed by atoms with Gasteiger partial charge in [-0.1, -0.05) is 24.3 Å². The fraction of sp³-hybridized carbons (Fsp3) is 0.579. The largest absolute Gasteiger partial charge is 0.351 e. The van der Waals surface area contributed by atoms with E-state index in [0.717, 1.165) is 11.1 Å². The van der Waals surface area contributed by atoms with Crippen molar-refractivity contribution in [2.45, 2.75) is 45.7 Å². The zero-order valence-electron chi connectivity index (χ0n) is 15.3. The van der Waals surface area contributed by atoms with Crippen LogP contribution in [-0.4, -0.2) is 49.2 Å². The molecule has 6 nitrogen and oxygen atoms in total. The third-order valence-corrected chi connectivity index (χ3v) is 7.30. The van der Waals surface area contributed by atoms with E-state index in [0.29, 0.717) is 32.4 Å². The highest BCUT2D eigenvalue weighted by molar-refractivity contribution is 7.91. The maximum absolute atomic E-state index is 13.0. The molecule has 1 unspecified atom stereocenters. The van der Waals surface area contributed by atoms with Gasteiger partial charge >= 0.3 is 0 Å². The topological polar surface area (TPSA) is 83.6 Å². The lowest BCUT2D eigenvalue weighted by molar-refractivity contribution is -0.145. The fourth-order valence-electron chi connectivity index (χ4n) is 3.68. The summed E-state index contributed by atoms with van der Waals surface area (Å²) in [5.41, 5.74) is 1.11. The molecule has 0 aromatic heterocycles. The molecule has 1 N–H and O–H groups in total. The first-order valence-corrected chi connectivity index (χ1v) is 11.0. The quantitative estimate of drug-likeness (QED) is 0.759. The Morgan fingerprint density at radius 2 is 1.96 bits per heavy atom. The molecule has 0 bridgehead atoms. The molecular weight excluding hydrogens is 352 g/mol. The summed E-state index contributed by atoms with van der Waals surface area (Å²) in [7, 11) is -3.07. The molecule has 1 aromatic rings. The van der Waals surface area contributed by atoms with Crippen LogP contribution < -0.4 is 5.32 Å². The summed E-state index contributed by atoms with van der Waals surface area (Å²) in [6.07, 6.45) is 1.52. The summed E-state index contributed by atoms with van der Waals surface area (Å²) in [5, 5.41) is 2.90. The second-order valence-corrected chi connectivity index (χ2v) is 9.57. The summed E-state index contributed by atoms with van der Waals surface area (Å²) < 4.78 is 23.5. The van der Waals surface area contributed by atoms with Crippen LogP contribution in [0.5, 0.6) is 0 Å². The van der Waals surface area contributed by atoms with Gasteiger partial charge in [0.15, 0.2) is 9.84 Å². The normalized spacial score (nSPS) is 22.6. The summed E-state index contributed by atoms with van der Waals surface area (Å²) in [4.78, 5) is 27.4. The van der Waals surface area contributed by atoms with E-state index in [9.17, 15) is 18.0 Å². The molecule has 2 fully saturated rings. The van der Waals surface area contributed by atoms with Gasteiger partial charge in [0.05, 0.1) is 11.5 Å². The number of amides is 2. The Bertz CT molecular complexity index is 815. The first kappa shape index (κ1) is 18.9. The van der Waals surface area contributed by atoms with Crippen LogP contribution in [0.15, 0.2) is 24.3 Å². The maximum atomic E-state index is 13.0. The molecule has 1 aliphatic heterocycles. The van der Waals surface area contributed by atoms with Gasteiger partial charge in [-0.25, -0.2) is 8.42 Å². The van der Waals surface area contributed by atoms with Crippen molar-refractivity contribution in [3.05, 3.63) is 35.4 Å². The van der Waals surface area contributed by atoms with Crippen LogP contribution in [0.2, 0.25) is 0 Å². The Labute approximate surface area is 154 Å². The Kier molecular flexibility index (Phi) is 5.10. The molecule has 1 saturated heterocycles. The van der Waals surface area contributed by atoms with E-state index < -0.39 is 15.3 Å². The lowest BCUT2D eigenvalue weighted by Gasteiger charge is -2.30. The minimum atomic E-state index is -3.07. The van der Waals surface area contributed by atoms with Gasteiger partial charge in [-0.15, -0.1) is 0 Å². The maximum Gasteiger partial charge on any atom is 0.238 e. The van der Waals surface area contributed by atoms with Gasteiger partial charge in [-0.3, -0.25) is 9.59 Å². The molecule has 1 atom stereocenters. The Balaban J connectivity index is 1.68. The van der Waals surface area contributed by atoms with E-state index >= 15 is 0 Å². The zero-order chi connectivity index (χ0) is 18.9.